The van der Waals surface area contributed by atoms with Crippen LogP contribution in [0.25, 0.3) is 0 Å². The Kier molecular flexibility index (Phi) is 3.62. The van der Waals surface area contributed by atoms with Gasteiger partial charge in [0.1, 0.15) is 0 Å². The quantitative estimate of drug-likeness (QED) is 0.838. The maximum atomic E-state index is 11.8. The molecule has 1 unspecified atom stereocenters. The first-order valence-corrected chi connectivity index (χ1v) is 5.89. The minimum atomic E-state index is -0.125. The summed E-state index contributed by atoms with van der Waals surface area (Å²) in [6, 6.07) is 7.11. The van der Waals surface area contributed by atoms with Gasteiger partial charge in [0.15, 0.2) is 0 Å². The molecule has 1 heterocycles. The van der Waals surface area contributed by atoms with Gasteiger partial charge in [0.2, 0.25) is 11.8 Å². The summed E-state index contributed by atoms with van der Waals surface area (Å²) in [4.78, 5) is 24.3. The molecule has 0 bridgehead atoms. The minimum absolute atomic E-state index is 0.0209. The molecule has 5 nitrogen and oxygen atoms in total. The molecule has 96 valence electrons. The van der Waals surface area contributed by atoms with E-state index in [1.807, 2.05) is 0 Å². The predicted octanol–water partition coefficient (Wildman–Crippen LogP) is 0.990. The molecule has 1 saturated heterocycles. The largest absolute Gasteiger partial charge is 0.396 e. The zero-order valence-corrected chi connectivity index (χ0v) is 10.2. The van der Waals surface area contributed by atoms with E-state index in [0.717, 1.165) is 5.69 Å². The van der Waals surface area contributed by atoms with Gasteiger partial charge in [-0.3, -0.25) is 9.59 Å². The van der Waals surface area contributed by atoms with Crippen molar-refractivity contribution in [1.29, 1.82) is 0 Å². The highest BCUT2D eigenvalue weighted by molar-refractivity contribution is 5.96. The number of anilines is 2. The first kappa shape index (κ1) is 12.6. The van der Waals surface area contributed by atoms with E-state index in [4.69, 9.17) is 5.11 Å². The molecule has 5 heteroatoms. The predicted molar refractivity (Wildman–Crippen MR) is 68.3 cm³/mol. The molecule has 1 aliphatic rings. The van der Waals surface area contributed by atoms with Crippen LogP contribution >= 0.6 is 0 Å². The Morgan fingerprint density at radius 1 is 1.44 bits per heavy atom. The van der Waals surface area contributed by atoms with Crippen LogP contribution in [0.2, 0.25) is 0 Å². The molecule has 0 radical (unpaired) electrons. The fraction of sp³-hybridized carbons (Fsp3) is 0.385. The van der Waals surface area contributed by atoms with Crippen molar-refractivity contribution in [3.05, 3.63) is 24.3 Å². The normalized spacial score (nSPS) is 19.1. The second kappa shape index (κ2) is 5.18. The summed E-state index contributed by atoms with van der Waals surface area (Å²) >= 11 is 0. The lowest BCUT2D eigenvalue weighted by Gasteiger charge is -2.16. The molecular weight excluding hydrogens is 232 g/mol. The van der Waals surface area contributed by atoms with Crippen LogP contribution in [0.1, 0.15) is 13.3 Å². The fourth-order valence-corrected chi connectivity index (χ4v) is 2.08. The monoisotopic (exact) mass is 248 g/mol. The van der Waals surface area contributed by atoms with Crippen molar-refractivity contribution in [2.45, 2.75) is 13.3 Å². The molecule has 0 aromatic heterocycles. The fourth-order valence-electron chi connectivity index (χ4n) is 2.08. The van der Waals surface area contributed by atoms with Crippen LogP contribution in [-0.2, 0) is 9.59 Å². The molecule has 0 spiro atoms. The Balaban J connectivity index is 2.10. The molecule has 1 aromatic rings. The van der Waals surface area contributed by atoms with Crippen LogP contribution in [-0.4, -0.2) is 30.1 Å². The van der Waals surface area contributed by atoms with Crippen LogP contribution in [0, 0.1) is 5.92 Å². The molecule has 2 amide bonds. The molecule has 2 rings (SSSR count). The summed E-state index contributed by atoms with van der Waals surface area (Å²) in [6.45, 7) is 2.03. The first-order chi connectivity index (χ1) is 8.60. The van der Waals surface area contributed by atoms with Crippen molar-refractivity contribution in [3.8, 4) is 0 Å². The summed E-state index contributed by atoms with van der Waals surface area (Å²) in [6.07, 6.45) is 0.393. The zero-order valence-electron chi connectivity index (χ0n) is 10.2. The number of hydrogen-bond donors (Lipinski definition) is 2. The summed E-state index contributed by atoms with van der Waals surface area (Å²) in [5.74, 6) is -0.0748. The van der Waals surface area contributed by atoms with Gasteiger partial charge in [-0.05, 0) is 24.3 Å². The van der Waals surface area contributed by atoms with Gasteiger partial charge in [-0.25, -0.2) is 0 Å². The third-order valence-electron chi connectivity index (χ3n) is 2.96. The van der Waals surface area contributed by atoms with Gasteiger partial charge < -0.3 is 15.3 Å². The molecule has 1 aromatic carbocycles. The molecule has 0 saturated carbocycles. The third kappa shape index (κ3) is 2.68. The van der Waals surface area contributed by atoms with Crippen molar-refractivity contribution in [1.82, 2.24) is 0 Å². The molecule has 18 heavy (non-hydrogen) atoms. The molecule has 1 atom stereocenters. The second-order valence-electron chi connectivity index (χ2n) is 4.49. The van der Waals surface area contributed by atoms with E-state index in [1.165, 1.54) is 6.92 Å². The summed E-state index contributed by atoms with van der Waals surface area (Å²) < 4.78 is 0. The number of nitrogens with one attached hydrogen (secondary N) is 1. The number of benzene rings is 1. The highest BCUT2D eigenvalue weighted by Gasteiger charge is 2.29. The lowest BCUT2D eigenvalue weighted by Crippen LogP contribution is -2.24. The number of aliphatic hydroxyl groups is 1. The highest BCUT2D eigenvalue weighted by Crippen LogP contribution is 2.25. The Hall–Kier alpha value is -1.88. The van der Waals surface area contributed by atoms with E-state index in [0.29, 0.717) is 18.7 Å². The standard InChI is InChI=1S/C13H16N2O3/c1-9(17)14-11-2-4-12(5-3-11)15-7-10(8-16)6-13(15)18/h2-5,10,16H,6-8H2,1H3,(H,14,17). The maximum Gasteiger partial charge on any atom is 0.227 e. The van der Waals surface area contributed by atoms with Crippen LogP contribution in [0.15, 0.2) is 24.3 Å². The zero-order chi connectivity index (χ0) is 13.1. The van der Waals surface area contributed by atoms with Gasteiger partial charge in [0.25, 0.3) is 0 Å². The van der Waals surface area contributed by atoms with Crippen molar-refractivity contribution < 1.29 is 14.7 Å². The van der Waals surface area contributed by atoms with Crippen LogP contribution in [0.4, 0.5) is 11.4 Å². The first-order valence-electron chi connectivity index (χ1n) is 5.89. The summed E-state index contributed by atoms with van der Waals surface area (Å²) in [5, 5.41) is 11.7. The average molecular weight is 248 g/mol. The second-order valence-corrected chi connectivity index (χ2v) is 4.49. The Labute approximate surface area is 105 Å². The van der Waals surface area contributed by atoms with E-state index in [1.54, 1.807) is 29.2 Å². The van der Waals surface area contributed by atoms with E-state index in [9.17, 15) is 9.59 Å². The maximum absolute atomic E-state index is 11.8. The lowest BCUT2D eigenvalue weighted by atomic mass is 10.1. The summed E-state index contributed by atoms with van der Waals surface area (Å²) in [7, 11) is 0. The van der Waals surface area contributed by atoms with Gasteiger partial charge in [-0.1, -0.05) is 0 Å². The van der Waals surface area contributed by atoms with Gasteiger partial charge in [0, 0.05) is 43.8 Å². The van der Waals surface area contributed by atoms with E-state index >= 15 is 0 Å². The van der Waals surface area contributed by atoms with Gasteiger partial charge >= 0.3 is 0 Å². The molecule has 1 aliphatic heterocycles. The van der Waals surface area contributed by atoms with Crippen LogP contribution < -0.4 is 10.2 Å². The molecule has 2 N–H and O–H groups in total. The van der Waals surface area contributed by atoms with Crippen molar-refractivity contribution in [2.75, 3.05) is 23.4 Å². The van der Waals surface area contributed by atoms with Gasteiger partial charge in [0.05, 0.1) is 0 Å². The Morgan fingerprint density at radius 3 is 2.61 bits per heavy atom. The van der Waals surface area contributed by atoms with Crippen LogP contribution in [0.5, 0.6) is 0 Å². The van der Waals surface area contributed by atoms with E-state index in [2.05, 4.69) is 5.32 Å². The van der Waals surface area contributed by atoms with Crippen molar-refractivity contribution >= 4 is 23.2 Å². The van der Waals surface area contributed by atoms with E-state index in [-0.39, 0.29) is 24.3 Å². The topological polar surface area (TPSA) is 69.6 Å². The smallest absolute Gasteiger partial charge is 0.227 e. The SMILES string of the molecule is CC(=O)Nc1ccc(N2CC(CO)CC2=O)cc1. The number of rotatable bonds is 3. The molecule has 1 fully saturated rings. The number of amides is 2. The average Bonchev–Trinajstić information content (AvgIpc) is 2.71. The number of carbonyl (C=O) groups is 2. The molecule has 0 aliphatic carbocycles. The summed E-state index contributed by atoms with van der Waals surface area (Å²) in [5.41, 5.74) is 1.50. The minimum Gasteiger partial charge on any atom is -0.396 e. The van der Waals surface area contributed by atoms with Crippen LogP contribution in [0.3, 0.4) is 0 Å². The van der Waals surface area contributed by atoms with Crippen molar-refractivity contribution in [3.63, 3.8) is 0 Å². The van der Waals surface area contributed by atoms with E-state index < -0.39 is 0 Å². The number of aliphatic hydroxyl groups excluding tert-OH is 1. The lowest BCUT2D eigenvalue weighted by molar-refractivity contribution is -0.117. The van der Waals surface area contributed by atoms with Gasteiger partial charge in [-0.2, -0.15) is 0 Å². The Morgan fingerprint density at radius 2 is 2.11 bits per heavy atom. The number of hydrogen-bond acceptors (Lipinski definition) is 3. The number of carbonyl (C=O) groups excluding carboxylic acids is 2. The Bertz CT molecular complexity index is 456. The van der Waals surface area contributed by atoms with Gasteiger partial charge in [-0.15, -0.1) is 0 Å². The highest BCUT2D eigenvalue weighted by atomic mass is 16.3. The number of nitrogens with zero attached hydrogens (tertiary/aromatic N) is 1. The van der Waals surface area contributed by atoms with Crippen molar-refractivity contribution in [2.24, 2.45) is 5.92 Å². The third-order valence-corrected chi connectivity index (χ3v) is 2.96. The molecular formula is C13H16N2O3.